The molecular weight excluding hydrogens is 805 g/mol. The van der Waals surface area contributed by atoms with Crippen LogP contribution in [0.25, 0.3) is 11.0 Å². The Morgan fingerprint density at radius 1 is 0.937 bits per heavy atom. The minimum absolute atomic E-state index is 0.0225. The predicted octanol–water partition coefficient (Wildman–Crippen LogP) is 4.93. The Labute approximate surface area is 366 Å². The number of fused-ring (bicyclic) bond motifs is 2. The highest BCUT2D eigenvalue weighted by molar-refractivity contribution is 6.25. The van der Waals surface area contributed by atoms with Gasteiger partial charge in [0.05, 0.1) is 16.7 Å². The van der Waals surface area contributed by atoms with Crippen molar-refractivity contribution in [3.05, 3.63) is 81.4 Å². The summed E-state index contributed by atoms with van der Waals surface area (Å²) >= 11 is 0. The highest BCUT2D eigenvalue weighted by atomic mass is 16.2. The van der Waals surface area contributed by atoms with Gasteiger partial charge in [-0.05, 0) is 75.8 Å². The standard InChI is InChI=1S/C46H56N10O7/c1-28(18-20-36(47-4)50-46-49-27-33-29(2)39(30(3)57)44(62)55(41(33)52-46)31-13-9-10-14-31)53-23-25-54(26-24-53)38(59)17-8-6-5-7-11-22-48-34-16-12-15-32-40(34)45(63)56(43(32)61)35-19-21-37(58)51-42(35)60/h12,15-16,18,20,27,31,35,48H,1,5-11,13-14,17,19,21-26H2,2-4H3,(H,51,58,60)(H,47,49,50,52)/b20-18-. The first-order valence-corrected chi connectivity index (χ1v) is 22.0. The molecule has 2 saturated heterocycles. The number of amidine groups is 1. The number of piperidine rings is 1. The van der Waals surface area contributed by atoms with Crippen molar-refractivity contribution < 1.29 is 28.8 Å². The maximum Gasteiger partial charge on any atom is 0.264 e. The normalized spacial score (nSPS) is 18.4. The number of aliphatic imine (C=N–C) groups is 1. The number of carbonyl (C=O) groups is 6. The highest BCUT2D eigenvalue weighted by Crippen LogP contribution is 2.34. The molecule has 17 nitrogen and oxygen atoms in total. The van der Waals surface area contributed by atoms with E-state index in [4.69, 9.17) is 4.98 Å². The number of benzene rings is 1. The number of nitrogens with zero attached hydrogens (tertiary/aromatic N) is 7. The molecule has 332 valence electrons. The molecule has 3 N–H and O–H groups in total. The number of aromatic nitrogens is 3. The Morgan fingerprint density at radius 2 is 1.65 bits per heavy atom. The Kier molecular flexibility index (Phi) is 13.9. The molecule has 1 aromatic carbocycles. The van der Waals surface area contributed by atoms with Crippen LogP contribution >= 0.6 is 0 Å². The van der Waals surface area contributed by atoms with Gasteiger partial charge in [-0.2, -0.15) is 4.98 Å². The van der Waals surface area contributed by atoms with Gasteiger partial charge < -0.3 is 20.4 Å². The van der Waals surface area contributed by atoms with Crippen molar-refractivity contribution >= 4 is 63.8 Å². The summed E-state index contributed by atoms with van der Waals surface area (Å²) in [6, 6.07) is 4.01. The third-order valence-electron chi connectivity index (χ3n) is 12.6. The maximum atomic E-state index is 13.6. The molecule has 5 amide bonds. The Hall–Kier alpha value is -6.52. The van der Waals surface area contributed by atoms with Crippen LogP contribution in [-0.2, 0) is 14.4 Å². The molecule has 3 aromatic rings. The number of aryl methyl sites for hydroxylation is 1. The van der Waals surface area contributed by atoms with Crippen molar-refractivity contribution in [3.63, 3.8) is 0 Å². The second kappa shape index (κ2) is 19.7. The smallest absolute Gasteiger partial charge is 0.264 e. The number of hydrogen-bond acceptors (Lipinski definition) is 12. The van der Waals surface area contributed by atoms with Gasteiger partial charge in [0.1, 0.15) is 17.5 Å². The van der Waals surface area contributed by atoms with Crippen LogP contribution in [0.4, 0.5) is 11.6 Å². The van der Waals surface area contributed by atoms with E-state index in [1.165, 1.54) is 6.92 Å². The van der Waals surface area contributed by atoms with Crippen molar-refractivity contribution in [2.24, 2.45) is 4.99 Å². The monoisotopic (exact) mass is 860 g/mol. The lowest BCUT2D eigenvalue weighted by atomic mass is 10.0. The van der Waals surface area contributed by atoms with Crippen molar-refractivity contribution in [1.82, 2.24) is 34.6 Å². The number of carbonyl (C=O) groups excluding carboxylic acids is 6. The lowest BCUT2D eigenvalue weighted by Crippen LogP contribution is -2.54. The number of anilines is 2. The zero-order chi connectivity index (χ0) is 44.8. The van der Waals surface area contributed by atoms with E-state index in [2.05, 4.69) is 37.4 Å². The summed E-state index contributed by atoms with van der Waals surface area (Å²) in [7, 11) is 1.66. The zero-order valence-corrected chi connectivity index (χ0v) is 36.3. The second-order valence-corrected chi connectivity index (χ2v) is 16.6. The molecule has 0 radical (unpaired) electrons. The number of hydrogen-bond donors (Lipinski definition) is 3. The minimum atomic E-state index is -1.01. The first kappa shape index (κ1) is 44.5. The fourth-order valence-electron chi connectivity index (χ4n) is 9.09. The fourth-order valence-corrected chi connectivity index (χ4v) is 9.09. The minimum Gasteiger partial charge on any atom is -0.384 e. The van der Waals surface area contributed by atoms with E-state index in [1.54, 1.807) is 49.0 Å². The third kappa shape index (κ3) is 9.61. The van der Waals surface area contributed by atoms with Crippen LogP contribution in [0.5, 0.6) is 0 Å². The van der Waals surface area contributed by atoms with Gasteiger partial charge in [0.2, 0.25) is 23.7 Å². The van der Waals surface area contributed by atoms with E-state index in [9.17, 15) is 33.6 Å². The van der Waals surface area contributed by atoms with E-state index < -0.39 is 29.7 Å². The summed E-state index contributed by atoms with van der Waals surface area (Å²) in [5.41, 5.74) is 2.81. The summed E-state index contributed by atoms with van der Waals surface area (Å²) in [6.07, 6.45) is 14.2. The maximum absolute atomic E-state index is 13.6. The number of ketones is 1. The molecule has 3 aliphatic heterocycles. The van der Waals surface area contributed by atoms with Crippen LogP contribution in [0, 0.1) is 6.92 Å². The second-order valence-electron chi connectivity index (χ2n) is 16.6. The van der Waals surface area contributed by atoms with E-state index in [0.29, 0.717) is 67.3 Å². The summed E-state index contributed by atoms with van der Waals surface area (Å²) in [5, 5.41) is 9.35. The van der Waals surface area contributed by atoms with Crippen LogP contribution in [-0.4, -0.2) is 116 Å². The van der Waals surface area contributed by atoms with Crippen LogP contribution in [0.3, 0.4) is 0 Å². The van der Waals surface area contributed by atoms with Crippen molar-refractivity contribution in [3.8, 4) is 0 Å². The van der Waals surface area contributed by atoms with E-state index in [-0.39, 0.29) is 58.8 Å². The van der Waals surface area contributed by atoms with Crippen LogP contribution < -0.4 is 21.5 Å². The van der Waals surface area contributed by atoms with Crippen molar-refractivity contribution in [2.75, 3.05) is 50.4 Å². The summed E-state index contributed by atoms with van der Waals surface area (Å²) in [6.45, 7) is 10.5. The number of rotatable bonds is 16. The topological polar surface area (TPSA) is 208 Å². The number of unbranched alkanes of at least 4 members (excludes halogenated alkanes) is 4. The molecule has 4 aliphatic rings. The molecule has 0 bridgehead atoms. The van der Waals surface area contributed by atoms with Crippen LogP contribution in [0.2, 0.25) is 0 Å². The SMILES string of the molecule is C=C(/C=C\C(=NC)Nc1ncc2c(C)c(C(C)=O)c(=O)n(C3CCCC3)c2n1)N1CCN(C(=O)CCCCCCCNc2cccc3c2C(=O)N(C2CCC(=O)NC2=O)C3=O)CC1. The van der Waals surface area contributed by atoms with Gasteiger partial charge in [0.15, 0.2) is 5.78 Å². The molecule has 63 heavy (non-hydrogen) atoms. The number of Topliss-reactive ketones (excluding diaryl/α,β-unsaturated/α-hetero) is 1. The highest BCUT2D eigenvalue weighted by Gasteiger charge is 2.45. The van der Waals surface area contributed by atoms with E-state index >= 15 is 0 Å². The first-order chi connectivity index (χ1) is 30.4. The Balaban J connectivity index is 0.815. The summed E-state index contributed by atoms with van der Waals surface area (Å²) in [4.78, 5) is 108. The number of amides is 5. The van der Waals surface area contributed by atoms with Gasteiger partial charge in [0.25, 0.3) is 17.4 Å². The predicted molar refractivity (Wildman–Crippen MR) is 239 cm³/mol. The average molecular weight is 861 g/mol. The van der Waals surface area contributed by atoms with Gasteiger partial charge in [-0.25, -0.2) is 4.98 Å². The molecular formula is C46H56N10O7. The summed E-state index contributed by atoms with van der Waals surface area (Å²) in [5.74, 6) is -1.44. The Bertz CT molecular complexity index is 2460. The fraction of sp³-hybridized carbons (Fsp3) is 0.478. The molecule has 1 aliphatic carbocycles. The van der Waals surface area contributed by atoms with E-state index in [0.717, 1.165) is 68.4 Å². The summed E-state index contributed by atoms with van der Waals surface area (Å²) < 4.78 is 1.68. The zero-order valence-electron chi connectivity index (χ0n) is 36.3. The number of imide groups is 2. The van der Waals surface area contributed by atoms with Gasteiger partial charge >= 0.3 is 0 Å². The molecule has 2 aromatic heterocycles. The lowest BCUT2D eigenvalue weighted by molar-refractivity contribution is -0.136. The van der Waals surface area contributed by atoms with Crippen LogP contribution in [0.15, 0.2) is 58.6 Å². The quantitative estimate of drug-likeness (QED) is 0.0438. The molecule has 5 heterocycles. The van der Waals surface area contributed by atoms with Crippen molar-refractivity contribution in [2.45, 2.75) is 103 Å². The first-order valence-electron chi connectivity index (χ1n) is 22.0. The Morgan fingerprint density at radius 3 is 2.37 bits per heavy atom. The van der Waals surface area contributed by atoms with Gasteiger partial charge in [-0.15, -0.1) is 0 Å². The number of pyridine rings is 1. The number of nitrogens with one attached hydrogen (secondary N) is 3. The van der Waals surface area contributed by atoms with Crippen molar-refractivity contribution in [1.29, 1.82) is 0 Å². The number of allylic oxidation sites excluding steroid dienone is 1. The molecule has 0 spiro atoms. The van der Waals surface area contributed by atoms with Gasteiger partial charge in [-0.3, -0.25) is 53.3 Å². The third-order valence-corrected chi connectivity index (χ3v) is 12.6. The van der Waals surface area contributed by atoms with Gasteiger partial charge in [0, 0.05) is 81.6 Å². The molecule has 1 saturated carbocycles. The average Bonchev–Trinajstić information content (AvgIpc) is 3.89. The molecule has 17 heteroatoms. The largest absolute Gasteiger partial charge is 0.384 e. The lowest BCUT2D eigenvalue weighted by Gasteiger charge is -2.36. The molecule has 7 rings (SSSR count). The van der Waals surface area contributed by atoms with Gasteiger partial charge in [-0.1, -0.05) is 44.7 Å². The van der Waals surface area contributed by atoms with Crippen LogP contribution in [0.1, 0.15) is 127 Å². The number of piperazine rings is 1. The molecule has 1 unspecified atom stereocenters. The van der Waals surface area contributed by atoms with E-state index in [1.807, 2.05) is 11.0 Å². The molecule has 3 fully saturated rings. The molecule has 1 atom stereocenters.